The Hall–Kier alpha value is -1.15. The van der Waals surface area contributed by atoms with E-state index in [9.17, 15) is 18.0 Å². The molecule has 0 fully saturated rings. The van der Waals surface area contributed by atoms with Crippen molar-refractivity contribution in [1.82, 2.24) is 10.0 Å². The Labute approximate surface area is 114 Å². The average Bonchev–Trinajstić information content (AvgIpc) is 2.24. The van der Waals surface area contributed by atoms with Gasteiger partial charge in [-0.3, -0.25) is 9.59 Å². The number of methoxy groups -OCH3 is 1. The van der Waals surface area contributed by atoms with Gasteiger partial charge >= 0.3 is 5.97 Å². The number of amides is 1. The summed E-state index contributed by atoms with van der Waals surface area (Å²) in [5.41, 5.74) is -0.409. The van der Waals surface area contributed by atoms with Crippen molar-refractivity contribution in [3.63, 3.8) is 0 Å². The average molecular weight is 294 g/mol. The zero-order valence-electron chi connectivity index (χ0n) is 11.8. The maximum absolute atomic E-state index is 11.5. The van der Waals surface area contributed by atoms with E-state index in [4.69, 9.17) is 0 Å². The molecular formula is C11H22N2O5S. The van der Waals surface area contributed by atoms with Crippen LogP contribution in [-0.4, -0.2) is 45.2 Å². The van der Waals surface area contributed by atoms with Crippen molar-refractivity contribution in [3.8, 4) is 0 Å². The van der Waals surface area contributed by atoms with Gasteiger partial charge in [-0.2, -0.15) is 0 Å². The summed E-state index contributed by atoms with van der Waals surface area (Å²) in [5.74, 6) is -1.07. The van der Waals surface area contributed by atoms with Gasteiger partial charge in [0.2, 0.25) is 15.9 Å². The maximum Gasteiger partial charge on any atom is 0.305 e. The smallest absolute Gasteiger partial charge is 0.305 e. The van der Waals surface area contributed by atoms with Gasteiger partial charge in [-0.1, -0.05) is 0 Å². The van der Waals surface area contributed by atoms with E-state index in [2.05, 4.69) is 14.8 Å². The highest BCUT2D eigenvalue weighted by Crippen LogP contribution is 1.98. The molecule has 0 radical (unpaired) electrons. The molecule has 0 aromatic carbocycles. The lowest BCUT2D eigenvalue weighted by atomic mass is 10.1. The van der Waals surface area contributed by atoms with Crippen LogP contribution in [0.25, 0.3) is 0 Å². The van der Waals surface area contributed by atoms with E-state index in [-0.39, 0.29) is 25.1 Å². The minimum atomic E-state index is -3.55. The molecule has 0 aliphatic heterocycles. The van der Waals surface area contributed by atoms with Gasteiger partial charge in [0.25, 0.3) is 0 Å². The van der Waals surface area contributed by atoms with Crippen molar-refractivity contribution in [2.75, 3.05) is 19.4 Å². The highest BCUT2D eigenvalue weighted by molar-refractivity contribution is 7.89. The number of carbonyl (C=O) groups is 2. The molecule has 0 spiro atoms. The van der Waals surface area contributed by atoms with E-state index in [1.807, 2.05) is 0 Å². The number of esters is 1. The SMILES string of the molecule is COC(=O)CCCS(=O)(=O)NCC(=O)NC(C)(C)C. The van der Waals surface area contributed by atoms with Gasteiger partial charge in [0, 0.05) is 12.0 Å². The predicted octanol–water partition coefficient (Wildman–Crippen LogP) is -0.226. The van der Waals surface area contributed by atoms with E-state index >= 15 is 0 Å². The van der Waals surface area contributed by atoms with Gasteiger partial charge in [-0.25, -0.2) is 13.1 Å². The number of rotatable bonds is 7. The second kappa shape index (κ2) is 7.44. The van der Waals surface area contributed by atoms with E-state index in [0.29, 0.717) is 0 Å². The molecule has 0 aromatic rings. The topological polar surface area (TPSA) is 102 Å². The Morgan fingerprint density at radius 2 is 1.79 bits per heavy atom. The number of ether oxygens (including phenoxy) is 1. The first-order valence-corrected chi connectivity index (χ1v) is 7.56. The predicted molar refractivity (Wildman–Crippen MR) is 70.9 cm³/mol. The Bertz CT molecular complexity index is 411. The van der Waals surface area contributed by atoms with Gasteiger partial charge in [0.05, 0.1) is 19.4 Å². The highest BCUT2D eigenvalue weighted by atomic mass is 32.2. The van der Waals surface area contributed by atoms with Crippen molar-refractivity contribution < 1.29 is 22.7 Å². The molecule has 7 nitrogen and oxygen atoms in total. The minimum absolute atomic E-state index is 0.0333. The number of hydrogen-bond donors (Lipinski definition) is 2. The van der Waals surface area contributed by atoms with Crippen molar-refractivity contribution in [2.24, 2.45) is 0 Å². The van der Waals surface area contributed by atoms with Crippen LogP contribution in [0.4, 0.5) is 0 Å². The van der Waals surface area contributed by atoms with Crippen molar-refractivity contribution in [2.45, 2.75) is 39.2 Å². The summed E-state index contributed by atoms with van der Waals surface area (Å²) < 4.78 is 29.6. The summed E-state index contributed by atoms with van der Waals surface area (Å²) in [4.78, 5) is 22.2. The van der Waals surface area contributed by atoms with Gasteiger partial charge in [0.1, 0.15) is 0 Å². The Kier molecular flexibility index (Phi) is 6.99. The fourth-order valence-corrected chi connectivity index (χ4v) is 2.24. The molecule has 0 aromatic heterocycles. The van der Waals surface area contributed by atoms with E-state index < -0.39 is 27.4 Å². The van der Waals surface area contributed by atoms with Crippen molar-refractivity contribution in [1.29, 1.82) is 0 Å². The zero-order valence-corrected chi connectivity index (χ0v) is 12.6. The van der Waals surface area contributed by atoms with Crippen LogP contribution in [0.3, 0.4) is 0 Å². The maximum atomic E-state index is 11.5. The fraction of sp³-hybridized carbons (Fsp3) is 0.818. The molecule has 0 unspecified atom stereocenters. The summed E-state index contributed by atoms with van der Waals surface area (Å²) >= 11 is 0. The second-order valence-corrected chi connectivity index (χ2v) is 7.04. The van der Waals surface area contributed by atoms with Gasteiger partial charge in [-0.05, 0) is 27.2 Å². The molecular weight excluding hydrogens is 272 g/mol. The lowest BCUT2D eigenvalue weighted by molar-refractivity contribution is -0.140. The second-order valence-electron chi connectivity index (χ2n) is 5.12. The van der Waals surface area contributed by atoms with Gasteiger partial charge in [-0.15, -0.1) is 0 Å². The molecule has 19 heavy (non-hydrogen) atoms. The molecule has 112 valence electrons. The zero-order chi connectivity index (χ0) is 15.1. The Balaban J connectivity index is 4.04. The third-order valence-electron chi connectivity index (χ3n) is 1.99. The first-order chi connectivity index (χ1) is 8.56. The van der Waals surface area contributed by atoms with Crippen LogP contribution in [0, 0.1) is 0 Å². The van der Waals surface area contributed by atoms with Crippen LogP contribution < -0.4 is 10.0 Å². The van der Waals surface area contributed by atoms with Gasteiger partial charge < -0.3 is 10.1 Å². The number of hydrogen-bond acceptors (Lipinski definition) is 5. The number of carbonyl (C=O) groups excluding carboxylic acids is 2. The first-order valence-electron chi connectivity index (χ1n) is 5.91. The Morgan fingerprint density at radius 1 is 1.21 bits per heavy atom. The molecule has 2 N–H and O–H groups in total. The van der Waals surface area contributed by atoms with Crippen LogP contribution in [0.15, 0.2) is 0 Å². The quantitative estimate of drug-likeness (QED) is 0.632. The van der Waals surface area contributed by atoms with E-state index in [0.717, 1.165) is 0 Å². The summed E-state index contributed by atoms with van der Waals surface area (Å²) in [6.45, 7) is 5.10. The lowest BCUT2D eigenvalue weighted by Crippen LogP contribution is -2.46. The Morgan fingerprint density at radius 3 is 2.26 bits per heavy atom. The molecule has 8 heteroatoms. The summed E-state index contributed by atoms with van der Waals surface area (Å²) in [5, 5.41) is 2.64. The number of nitrogens with one attached hydrogen (secondary N) is 2. The van der Waals surface area contributed by atoms with E-state index in [1.165, 1.54) is 7.11 Å². The summed E-state index contributed by atoms with van der Waals surface area (Å²) in [7, 11) is -2.31. The highest BCUT2D eigenvalue weighted by Gasteiger charge is 2.17. The van der Waals surface area contributed by atoms with Crippen LogP contribution in [-0.2, 0) is 24.3 Å². The lowest BCUT2D eigenvalue weighted by Gasteiger charge is -2.20. The molecule has 1 amide bonds. The van der Waals surface area contributed by atoms with Crippen LogP contribution in [0.2, 0.25) is 0 Å². The molecule has 0 atom stereocenters. The van der Waals surface area contributed by atoms with Crippen molar-refractivity contribution in [3.05, 3.63) is 0 Å². The van der Waals surface area contributed by atoms with Crippen molar-refractivity contribution >= 4 is 21.9 Å². The molecule has 0 rings (SSSR count). The first kappa shape index (κ1) is 17.8. The third-order valence-corrected chi connectivity index (χ3v) is 3.40. The van der Waals surface area contributed by atoms with Crippen LogP contribution >= 0.6 is 0 Å². The van der Waals surface area contributed by atoms with Crippen LogP contribution in [0.1, 0.15) is 33.6 Å². The number of sulfonamides is 1. The molecule has 0 saturated heterocycles. The molecule has 0 aliphatic rings. The van der Waals surface area contributed by atoms with Gasteiger partial charge in [0.15, 0.2) is 0 Å². The summed E-state index contributed by atoms with van der Waals surface area (Å²) in [6.07, 6.45) is 0.189. The normalized spacial score (nSPS) is 12.0. The molecule has 0 bridgehead atoms. The van der Waals surface area contributed by atoms with Crippen LogP contribution in [0.5, 0.6) is 0 Å². The monoisotopic (exact) mass is 294 g/mol. The third kappa shape index (κ3) is 10.5. The molecule has 0 saturated carbocycles. The molecule has 0 aliphatic carbocycles. The fourth-order valence-electron chi connectivity index (χ4n) is 1.22. The molecule has 0 heterocycles. The van der Waals surface area contributed by atoms with E-state index in [1.54, 1.807) is 20.8 Å². The largest absolute Gasteiger partial charge is 0.469 e. The minimum Gasteiger partial charge on any atom is -0.469 e. The summed E-state index contributed by atoms with van der Waals surface area (Å²) in [6, 6.07) is 0. The standard InChI is InChI=1S/C11H22N2O5S/c1-11(2,3)13-9(14)8-12-19(16,17)7-5-6-10(15)18-4/h12H,5-8H2,1-4H3,(H,13,14).